The van der Waals surface area contributed by atoms with Crippen molar-refractivity contribution in [1.82, 2.24) is 9.80 Å². The molecule has 1 amide bonds. The Morgan fingerprint density at radius 1 is 1.14 bits per heavy atom. The van der Waals surface area contributed by atoms with Crippen LogP contribution >= 0.6 is 0 Å². The van der Waals surface area contributed by atoms with Crippen molar-refractivity contribution >= 4 is 11.9 Å². The Morgan fingerprint density at radius 3 is 2.24 bits per heavy atom. The number of carbonyl (C=O) groups is 2. The summed E-state index contributed by atoms with van der Waals surface area (Å²) in [5.74, 6) is -0.826. The number of hydrogen-bond donors (Lipinski definition) is 1. The molecule has 0 radical (unpaired) electrons. The molecular formula is C16H28N2O3. The average Bonchev–Trinajstić information content (AvgIpc) is 2.91. The molecule has 0 bridgehead atoms. The van der Waals surface area contributed by atoms with E-state index in [1.54, 1.807) is 0 Å². The zero-order chi connectivity index (χ0) is 15.5. The number of hydrogen-bond acceptors (Lipinski definition) is 3. The molecule has 0 atom stereocenters. The highest BCUT2D eigenvalue weighted by Gasteiger charge is 2.36. The summed E-state index contributed by atoms with van der Waals surface area (Å²) in [7, 11) is 0. The van der Waals surface area contributed by atoms with Crippen LogP contribution in [-0.4, -0.2) is 59.5 Å². The second-order valence-electron chi connectivity index (χ2n) is 6.66. The highest BCUT2D eigenvalue weighted by molar-refractivity contribution is 5.79. The Bertz CT molecular complexity index is 385. The predicted octanol–water partition coefficient (Wildman–Crippen LogP) is 1.82. The third-order valence-corrected chi connectivity index (χ3v) is 5.57. The summed E-state index contributed by atoms with van der Waals surface area (Å²) in [4.78, 5) is 27.4. The molecule has 2 aliphatic rings. The van der Waals surface area contributed by atoms with Crippen LogP contribution < -0.4 is 0 Å². The van der Waals surface area contributed by atoms with Crippen molar-refractivity contribution < 1.29 is 14.7 Å². The van der Waals surface area contributed by atoms with Crippen LogP contribution in [-0.2, 0) is 9.59 Å². The quantitative estimate of drug-likeness (QED) is 0.840. The molecule has 5 nitrogen and oxygen atoms in total. The highest BCUT2D eigenvalue weighted by Crippen LogP contribution is 2.36. The molecule has 2 fully saturated rings. The molecule has 21 heavy (non-hydrogen) atoms. The monoisotopic (exact) mass is 296 g/mol. The van der Waals surface area contributed by atoms with E-state index in [0.717, 1.165) is 13.1 Å². The molecule has 0 unspecified atom stereocenters. The normalized spacial score (nSPS) is 23.4. The van der Waals surface area contributed by atoms with Crippen LogP contribution in [0.2, 0.25) is 0 Å². The number of piperidine rings is 1. The zero-order valence-electron chi connectivity index (χ0n) is 13.3. The second kappa shape index (κ2) is 6.77. The molecule has 0 aromatic rings. The van der Waals surface area contributed by atoms with E-state index in [4.69, 9.17) is 5.11 Å². The van der Waals surface area contributed by atoms with E-state index in [9.17, 15) is 9.59 Å². The SMILES string of the molecule is CCC1(CC)CCN(CC(=O)N2CCC(C(=O)O)CC2)C1. The fraction of sp³-hybridized carbons (Fsp3) is 0.875. The highest BCUT2D eigenvalue weighted by atomic mass is 16.4. The smallest absolute Gasteiger partial charge is 0.306 e. The molecule has 0 saturated carbocycles. The zero-order valence-corrected chi connectivity index (χ0v) is 13.3. The van der Waals surface area contributed by atoms with Crippen LogP contribution in [0.5, 0.6) is 0 Å². The van der Waals surface area contributed by atoms with Crippen molar-refractivity contribution in [3.63, 3.8) is 0 Å². The van der Waals surface area contributed by atoms with E-state index in [2.05, 4.69) is 18.7 Å². The molecule has 120 valence electrons. The van der Waals surface area contributed by atoms with Gasteiger partial charge in [0.05, 0.1) is 12.5 Å². The van der Waals surface area contributed by atoms with E-state index in [0.29, 0.717) is 37.9 Å². The van der Waals surface area contributed by atoms with Crippen molar-refractivity contribution in [1.29, 1.82) is 0 Å². The topological polar surface area (TPSA) is 60.9 Å². The maximum atomic E-state index is 12.4. The van der Waals surface area contributed by atoms with Crippen LogP contribution in [0.1, 0.15) is 46.0 Å². The molecule has 2 aliphatic heterocycles. The maximum Gasteiger partial charge on any atom is 0.306 e. The minimum absolute atomic E-state index is 0.168. The number of nitrogens with zero attached hydrogens (tertiary/aromatic N) is 2. The third kappa shape index (κ3) is 3.76. The van der Waals surface area contributed by atoms with Gasteiger partial charge < -0.3 is 10.0 Å². The van der Waals surface area contributed by atoms with E-state index in [1.165, 1.54) is 19.3 Å². The van der Waals surface area contributed by atoms with Crippen molar-refractivity contribution in [2.75, 3.05) is 32.7 Å². The molecule has 0 aliphatic carbocycles. The largest absolute Gasteiger partial charge is 0.481 e. The van der Waals surface area contributed by atoms with Gasteiger partial charge in [0.1, 0.15) is 0 Å². The summed E-state index contributed by atoms with van der Waals surface area (Å²) in [6, 6.07) is 0. The van der Waals surface area contributed by atoms with Gasteiger partial charge in [0, 0.05) is 19.6 Å². The molecule has 5 heteroatoms. The van der Waals surface area contributed by atoms with Gasteiger partial charge in [0.2, 0.25) is 5.91 Å². The average molecular weight is 296 g/mol. The van der Waals surface area contributed by atoms with E-state index >= 15 is 0 Å². The van der Waals surface area contributed by atoms with E-state index < -0.39 is 5.97 Å². The standard InChI is InChI=1S/C16H28N2O3/c1-3-16(4-2)7-10-17(12-16)11-14(19)18-8-5-13(6-9-18)15(20)21/h13H,3-12H2,1-2H3,(H,20,21). The van der Waals surface area contributed by atoms with Crippen molar-refractivity contribution in [3.05, 3.63) is 0 Å². The Labute approximate surface area is 127 Å². The van der Waals surface area contributed by atoms with Crippen LogP contribution in [0, 0.1) is 11.3 Å². The molecule has 2 rings (SSSR count). The Hall–Kier alpha value is -1.10. The number of rotatable bonds is 5. The van der Waals surface area contributed by atoms with Gasteiger partial charge in [-0.3, -0.25) is 14.5 Å². The molecular weight excluding hydrogens is 268 g/mol. The predicted molar refractivity (Wildman–Crippen MR) is 81.0 cm³/mol. The first-order valence-electron chi connectivity index (χ1n) is 8.22. The Balaban J connectivity index is 1.80. The molecule has 2 saturated heterocycles. The lowest BCUT2D eigenvalue weighted by molar-refractivity contribution is -0.145. The lowest BCUT2D eigenvalue weighted by atomic mass is 9.82. The fourth-order valence-corrected chi connectivity index (χ4v) is 3.66. The summed E-state index contributed by atoms with van der Waals surface area (Å²) in [6.07, 6.45) is 4.73. The molecule has 1 N–H and O–H groups in total. The van der Waals surface area contributed by atoms with Crippen molar-refractivity contribution in [3.8, 4) is 0 Å². The second-order valence-corrected chi connectivity index (χ2v) is 6.66. The Kier molecular flexibility index (Phi) is 5.25. The van der Waals surface area contributed by atoms with Gasteiger partial charge >= 0.3 is 5.97 Å². The number of amides is 1. The lowest BCUT2D eigenvalue weighted by Gasteiger charge is -2.32. The minimum Gasteiger partial charge on any atom is -0.481 e. The fourth-order valence-electron chi connectivity index (χ4n) is 3.66. The van der Waals surface area contributed by atoms with Crippen LogP contribution in [0.3, 0.4) is 0 Å². The summed E-state index contributed by atoms with van der Waals surface area (Å²) < 4.78 is 0. The lowest BCUT2D eigenvalue weighted by Crippen LogP contribution is -2.45. The van der Waals surface area contributed by atoms with Gasteiger partial charge in [-0.15, -0.1) is 0 Å². The van der Waals surface area contributed by atoms with Crippen LogP contribution in [0.25, 0.3) is 0 Å². The number of carboxylic acids is 1. The number of carbonyl (C=O) groups excluding carboxylic acids is 1. The minimum atomic E-state index is -0.725. The summed E-state index contributed by atoms with van der Waals surface area (Å²) >= 11 is 0. The Morgan fingerprint density at radius 2 is 1.76 bits per heavy atom. The van der Waals surface area contributed by atoms with Gasteiger partial charge in [0.15, 0.2) is 0 Å². The molecule has 0 aromatic carbocycles. The van der Waals surface area contributed by atoms with Gasteiger partial charge in [-0.25, -0.2) is 0 Å². The van der Waals surface area contributed by atoms with Gasteiger partial charge in [-0.2, -0.15) is 0 Å². The molecule has 2 heterocycles. The van der Waals surface area contributed by atoms with Gasteiger partial charge in [0.25, 0.3) is 0 Å². The van der Waals surface area contributed by atoms with Crippen molar-refractivity contribution in [2.45, 2.75) is 46.0 Å². The molecule has 0 spiro atoms. The third-order valence-electron chi connectivity index (χ3n) is 5.57. The number of likely N-dealkylation sites (tertiary alicyclic amines) is 2. The van der Waals surface area contributed by atoms with E-state index in [1.807, 2.05) is 4.90 Å². The van der Waals surface area contributed by atoms with E-state index in [-0.39, 0.29) is 11.8 Å². The maximum absolute atomic E-state index is 12.4. The summed E-state index contributed by atoms with van der Waals surface area (Å²) in [5.41, 5.74) is 0.399. The van der Waals surface area contributed by atoms with Crippen molar-refractivity contribution in [2.24, 2.45) is 11.3 Å². The summed E-state index contributed by atoms with van der Waals surface area (Å²) in [6.45, 7) is 8.21. The first-order valence-corrected chi connectivity index (χ1v) is 8.22. The van der Waals surface area contributed by atoms with Crippen LogP contribution in [0.4, 0.5) is 0 Å². The van der Waals surface area contributed by atoms with Crippen LogP contribution in [0.15, 0.2) is 0 Å². The van der Waals surface area contributed by atoms with Gasteiger partial charge in [-0.1, -0.05) is 13.8 Å². The number of carboxylic acid groups (broad SMARTS) is 1. The van der Waals surface area contributed by atoms with Gasteiger partial charge in [-0.05, 0) is 44.1 Å². The summed E-state index contributed by atoms with van der Waals surface area (Å²) in [5, 5.41) is 8.99. The molecule has 0 aromatic heterocycles. The first kappa shape index (κ1) is 16.3. The number of aliphatic carboxylic acids is 1. The first-order chi connectivity index (χ1) is 9.99.